The molecule has 0 spiro atoms. The number of rotatable bonds is 4. The van der Waals surface area contributed by atoms with Gasteiger partial charge in [-0.25, -0.2) is 23.3 Å². The number of carbonyl (C=O) groups excluding carboxylic acids is 1. The number of halogens is 1. The molecule has 4 aromatic rings. The van der Waals surface area contributed by atoms with Gasteiger partial charge in [0.1, 0.15) is 18.2 Å². The molecule has 1 amide bonds. The van der Waals surface area contributed by atoms with Crippen LogP contribution in [0.5, 0.6) is 0 Å². The molecule has 168 valence electrons. The van der Waals surface area contributed by atoms with Crippen LogP contribution in [0.25, 0.3) is 17.0 Å². The predicted octanol–water partition coefficient (Wildman–Crippen LogP) is 1.75. The Hall–Kier alpha value is -4.08. The average molecular weight is 447 g/mol. The first kappa shape index (κ1) is 20.8. The molecule has 10 heteroatoms. The van der Waals surface area contributed by atoms with Crippen molar-refractivity contribution in [3.05, 3.63) is 76.9 Å². The Morgan fingerprint density at radius 2 is 1.79 bits per heavy atom. The maximum absolute atomic E-state index is 13.2. The first-order valence-corrected chi connectivity index (χ1v) is 10.7. The van der Waals surface area contributed by atoms with Crippen LogP contribution in [0.4, 0.5) is 10.1 Å². The highest BCUT2D eigenvalue weighted by atomic mass is 19.1. The van der Waals surface area contributed by atoms with Gasteiger partial charge in [-0.15, -0.1) is 5.10 Å². The van der Waals surface area contributed by atoms with Crippen molar-refractivity contribution >= 4 is 17.2 Å². The summed E-state index contributed by atoms with van der Waals surface area (Å²) < 4.78 is 15.7. The molecule has 33 heavy (non-hydrogen) atoms. The summed E-state index contributed by atoms with van der Waals surface area (Å²) in [5, 5.41) is 4.37. The zero-order chi connectivity index (χ0) is 22.9. The summed E-state index contributed by atoms with van der Waals surface area (Å²) in [4.78, 5) is 38.4. The van der Waals surface area contributed by atoms with Crippen LogP contribution in [0.1, 0.15) is 5.82 Å². The second kappa shape index (κ2) is 8.45. The van der Waals surface area contributed by atoms with Crippen LogP contribution in [-0.2, 0) is 11.3 Å². The molecule has 1 fully saturated rings. The van der Waals surface area contributed by atoms with Gasteiger partial charge in [-0.3, -0.25) is 9.78 Å². The third-order valence-corrected chi connectivity index (χ3v) is 5.77. The lowest BCUT2D eigenvalue weighted by atomic mass is 10.2. The molecule has 9 nitrogen and oxygen atoms in total. The van der Waals surface area contributed by atoms with E-state index >= 15 is 0 Å². The molecule has 0 unspecified atom stereocenters. The fourth-order valence-corrected chi connectivity index (χ4v) is 4.04. The van der Waals surface area contributed by atoms with Crippen molar-refractivity contribution in [3.8, 4) is 11.4 Å². The molecule has 0 aliphatic carbocycles. The monoisotopic (exact) mass is 447 g/mol. The molecule has 0 saturated carbocycles. The van der Waals surface area contributed by atoms with Gasteiger partial charge in [0.15, 0.2) is 5.65 Å². The zero-order valence-electron chi connectivity index (χ0n) is 18.1. The lowest BCUT2D eigenvalue weighted by Crippen LogP contribution is -2.50. The van der Waals surface area contributed by atoms with E-state index in [4.69, 9.17) is 0 Å². The van der Waals surface area contributed by atoms with Gasteiger partial charge in [-0.1, -0.05) is 6.07 Å². The Bertz CT molecular complexity index is 1360. The van der Waals surface area contributed by atoms with E-state index in [2.05, 4.69) is 20.0 Å². The molecule has 0 bridgehead atoms. The topological polar surface area (TPSA) is 88.6 Å². The first-order valence-electron chi connectivity index (χ1n) is 10.7. The van der Waals surface area contributed by atoms with Gasteiger partial charge < -0.3 is 9.80 Å². The van der Waals surface area contributed by atoms with E-state index in [0.717, 1.165) is 5.69 Å². The predicted molar refractivity (Wildman–Crippen MR) is 120 cm³/mol. The Balaban J connectivity index is 1.31. The van der Waals surface area contributed by atoms with Gasteiger partial charge in [0.2, 0.25) is 5.91 Å². The number of hydrogen-bond acceptors (Lipinski definition) is 6. The van der Waals surface area contributed by atoms with Crippen LogP contribution in [0.3, 0.4) is 0 Å². The van der Waals surface area contributed by atoms with Crippen LogP contribution in [0, 0.1) is 12.7 Å². The summed E-state index contributed by atoms with van der Waals surface area (Å²) in [6.45, 7) is 3.88. The zero-order valence-corrected chi connectivity index (χ0v) is 18.1. The normalized spacial score (nSPS) is 14.1. The number of hydrogen-bond donors (Lipinski definition) is 0. The highest BCUT2D eigenvalue weighted by Crippen LogP contribution is 2.18. The fraction of sp³-hybridized carbons (Fsp3) is 0.261. The van der Waals surface area contributed by atoms with Crippen LogP contribution in [0.2, 0.25) is 0 Å². The van der Waals surface area contributed by atoms with E-state index < -0.39 is 5.69 Å². The van der Waals surface area contributed by atoms with Crippen molar-refractivity contribution in [2.45, 2.75) is 13.5 Å². The maximum Gasteiger partial charge on any atom is 0.352 e. The summed E-state index contributed by atoms with van der Waals surface area (Å²) in [5.41, 5.74) is 2.23. The van der Waals surface area contributed by atoms with E-state index in [9.17, 15) is 14.0 Å². The second-order valence-electron chi connectivity index (χ2n) is 7.88. The number of piperazine rings is 1. The molecule has 5 rings (SSSR count). The smallest absolute Gasteiger partial charge is 0.352 e. The van der Waals surface area contributed by atoms with Gasteiger partial charge >= 0.3 is 5.69 Å². The Morgan fingerprint density at radius 3 is 2.48 bits per heavy atom. The Kier molecular flexibility index (Phi) is 5.33. The molecule has 3 aromatic heterocycles. The Labute approximate surface area is 188 Å². The summed E-state index contributed by atoms with van der Waals surface area (Å²) in [6, 6.07) is 13.5. The fourth-order valence-electron chi connectivity index (χ4n) is 4.04. The number of amides is 1. The number of aromatic nitrogens is 5. The van der Waals surface area contributed by atoms with Crippen molar-refractivity contribution < 1.29 is 9.18 Å². The molecule has 1 aliphatic rings. The molecule has 0 atom stereocenters. The van der Waals surface area contributed by atoms with Crippen LogP contribution >= 0.6 is 0 Å². The third kappa shape index (κ3) is 4.07. The second-order valence-corrected chi connectivity index (χ2v) is 7.88. The van der Waals surface area contributed by atoms with E-state index in [1.54, 1.807) is 36.2 Å². The molecule has 1 aromatic carbocycles. The van der Waals surface area contributed by atoms with Crippen molar-refractivity contribution in [2.75, 3.05) is 31.1 Å². The highest BCUT2D eigenvalue weighted by molar-refractivity contribution is 5.76. The molecular formula is C23H22FN7O2. The van der Waals surface area contributed by atoms with E-state index in [-0.39, 0.29) is 18.3 Å². The minimum Gasteiger partial charge on any atom is -0.368 e. The van der Waals surface area contributed by atoms with E-state index in [1.807, 2.05) is 18.2 Å². The summed E-state index contributed by atoms with van der Waals surface area (Å²) in [6.07, 6.45) is 1.68. The van der Waals surface area contributed by atoms with Gasteiger partial charge in [0.25, 0.3) is 0 Å². The minimum absolute atomic E-state index is 0.143. The number of anilines is 1. The van der Waals surface area contributed by atoms with Gasteiger partial charge in [0.05, 0.1) is 11.4 Å². The maximum atomic E-state index is 13.2. The average Bonchev–Trinajstić information content (AvgIpc) is 3.15. The van der Waals surface area contributed by atoms with Gasteiger partial charge in [-0.05, 0) is 43.3 Å². The van der Waals surface area contributed by atoms with Crippen molar-refractivity contribution in [2.24, 2.45) is 0 Å². The number of nitrogens with zero attached hydrogens (tertiary/aromatic N) is 7. The number of fused-ring (bicyclic) bond motifs is 1. The molecule has 4 heterocycles. The molecule has 0 N–H and O–H groups in total. The molecule has 1 aliphatic heterocycles. The lowest BCUT2D eigenvalue weighted by Gasteiger charge is -2.36. The van der Waals surface area contributed by atoms with E-state index in [0.29, 0.717) is 49.0 Å². The van der Waals surface area contributed by atoms with Crippen molar-refractivity contribution in [1.29, 1.82) is 0 Å². The number of pyridine rings is 1. The summed E-state index contributed by atoms with van der Waals surface area (Å²) in [7, 11) is 0. The molecule has 1 saturated heterocycles. The highest BCUT2D eigenvalue weighted by Gasteiger charge is 2.23. The van der Waals surface area contributed by atoms with E-state index in [1.165, 1.54) is 21.2 Å². The largest absolute Gasteiger partial charge is 0.368 e. The van der Waals surface area contributed by atoms with Crippen molar-refractivity contribution in [1.82, 2.24) is 29.0 Å². The van der Waals surface area contributed by atoms with Crippen LogP contribution in [-0.4, -0.2) is 61.1 Å². The first-order chi connectivity index (χ1) is 16.0. The lowest BCUT2D eigenvalue weighted by molar-refractivity contribution is -0.132. The van der Waals surface area contributed by atoms with Crippen molar-refractivity contribution in [3.63, 3.8) is 0 Å². The van der Waals surface area contributed by atoms with Crippen LogP contribution < -0.4 is 10.6 Å². The minimum atomic E-state index is -0.402. The number of benzene rings is 1. The van der Waals surface area contributed by atoms with Crippen LogP contribution in [0.15, 0.2) is 59.5 Å². The van der Waals surface area contributed by atoms with Gasteiger partial charge in [0, 0.05) is 44.1 Å². The standard InChI is InChI=1S/C23H22FN7O2/c1-16-26-20(19-4-2-3-9-25-19)14-21-27-30(23(33)31(16)21)15-22(32)29-12-10-28(11-13-29)18-7-5-17(24)6-8-18/h2-9,14H,10-13,15H2,1H3. The Morgan fingerprint density at radius 1 is 1.03 bits per heavy atom. The number of carbonyl (C=O) groups is 1. The summed E-state index contributed by atoms with van der Waals surface area (Å²) >= 11 is 0. The molecular weight excluding hydrogens is 425 g/mol. The van der Waals surface area contributed by atoms with Gasteiger partial charge in [-0.2, -0.15) is 0 Å². The molecule has 0 radical (unpaired) electrons. The third-order valence-electron chi connectivity index (χ3n) is 5.77. The number of aryl methyl sites for hydroxylation is 1. The quantitative estimate of drug-likeness (QED) is 0.474. The summed E-state index contributed by atoms with van der Waals surface area (Å²) in [5.74, 6) is 0.0302. The SMILES string of the molecule is Cc1nc(-c2ccccn2)cc2nn(CC(=O)N3CCN(c4ccc(F)cc4)CC3)c(=O)n12.